The van der Waals surface area contributed by atoms with Crippen molar-refractivity contribution in [2.75, 3.05) is 13.4 Å². The number of benzene rings is 1. The highest BCUT2D eigenvalue weighted by molar-refractivity contribution is 8.02. The van der Waals surface area contributed by atoms with Gasteiger partial charge in [-0.3, -0.25) is 4.79 Å². The van der Waals surface area contributed by atoms with Crippen molar-refractivity contribution in [3.05, 3.63) is 40.4 Å². The van der Waals surface area contributed by atoms with Gasteiger partial charge in [0.25, 0.3) is 0 Å². The minimum Gasteiger partial charge on any atom is -0.497 e. The minimum absolute atomic E-state index is 0.0591. The van der Waals surface area contributed by atoms with E-state index in [4.69, 9.17) is 4.74 Å². The molecule has 4 nitrogen and oxygen atoms in total. The summed E-state index contributed by atoms with van der Waals surface area (Å²) in [6.07, 6.45) is 2.14. The number of thioether (sulfide) groups is 1. The molecule has 0 unspecified atom stereocenters. The first-order chi connectivity index (χ1) is 9.19. The smallest absolute Gasteiger partial charge is 0.225 e. The van der Waals surface area contributed by atoms with Crippen molar-refractivity contribution in [3.63, 3.8) is 0 Å². The summed E-state index contributed by atoms with van der Waals surface area (Å²) < 4.78 is 5.19. The molecule has 5 heteroatoms. The molecule has 19 heavy (non-hydrogen) atoms. The van der Waals surface area contributed by atoms with Crippen molar-refractivity contribution in [2.45, 2.75) is 12.3 Å². The van der Waals surface area contributed by atoms with Crippen LogP contribution >= 0.6 is 11.8 Å². The number of allylic oxidation sites excluding steroid dienone is 1. The van der Waals surface area contributed by atoms with Crippen LogP contribution in [0.2, 0.25) is 0 Å². The Hall–Kier alpha value is -1.93. The number of hydrogen-bond acceptors (Lipinski definition) is 4. The van der Waals surface area contributed by atoms with Crippen molar-refractivity contribution in [1.82, 2.24) is 5.32 Å². The van der Waals surface area contributed by atoms with Gasteiger partial charge in [-0.25, -0.2) is 0 Å². The molecular weight excluding hydrogens is 260 g/mol. The Morgan fingerprint density at radius 1 is 1.53 bits per heavy atom. The van der Waals surface area contributed by atoms with Crippen molar-refractivity contribution in [2.24, 2.45) is 0 Å². The molecule has 0 fully saturated rings. The maximum atomic E-state index is 11.7. The number of methoxy groups -OCH3 is 1. The molecule has 0 aliphatic carbocycles. The molecule has 0 saturated heterocycles. The van der Waals surface area contributed by atoms with Crippen LogP contribution in [0.1, 0.15) is 17.9 Å². The lowest BCUT2D eigenvalue weighted by Gasteiger charge is -2.24. The highest BCUT2D eigenvalue weighted by atomic mass is 32.2. The molecule has 98 valence electrons. The van der Waals surface area contributed by atoms with Crippen LogP contribution in [0, 0.1) is 11.3 Å². The van der Waals surface area contributed by atoms with E-state index in [0.29, 0.717) is 17.0 Å². The first-order valence-corrected chi connectivity index (χ1v) is 7.04. The third kappa shape index (κ3) is 2.74. The summed E-state index contributed by atoms with van der Waals surface area (Å²) in [6, 6.07) is 9.72. The van der Waals surface area contributed by atoms with Gasteiger partial charge in [-0.1, -0.05) is 12.1 Å². The number of nitrogens with one attached hydrogen (secondary N) is 1. The molecule has 1 amide bonds. The average molecular weight is 274 g/mol. The molecule has 1 heterocycles. The fourth-order valence-electron chi connectivity index (χ4n) is 2.12. The number of carbonyl (C=O) groups is 1. The standard InChI is InChI=1S/C14H14N2O2S/c1-18-10-5-3-4-9(6-10)11-7-13(17)16-14(19-2)12(11)8-15/h3-6,11H,7H2,1-2H3,(H,16,17)/t11-/m1/s1. The Morgan fingerprint density at radius 3 is 2.95 bits per heavy atom. The summed E-state index contributed by atoms with van der Waals surface area (Å²) in [7, 11) is 1.60. The lowest BCUT2D eigenvalue weighted by Crippen LogP contribution is -2.30. The first-order valence-electron chi connectivity index (χ1n) is 5.81. The summed E-state index contributed by atoms with van der Waals surface area (Å²) >= 11 is 1.38. The van der Waals surface area contributed by atoms with Gasteiger partial charge in [0.2, 0.25) is 5.91 Å². The number of hydrogen-bond donors (Lipinski definition) is 1. The Labute approximate surface area is 116 Å². The second-order valence-corrected chi connectivity index (χ2v) is 4.96. The van der Waals surface area contributed by atoms with Gasteiger partial charge < -0.3 is 10.1 Å². The zero-order valence-corrected chi connectivity index (χ0v) is 11.6. The van der Waals surface area contributed by atoms with Crippen LogP contribution in [0.5, 0.6) is 5.75 Å². The van der Waals surface area contributed by atoms with E-state index in [1.807, 2.05) is 30.5 Å². The minimum atomic E-state index is -0.198. The van der Waals surface area contributed by atoms with Gasteiger partial charge in [0.05, 0.1) is 23.8 Å². The molecule has 1 aromatic rings. The molecule has 0 spiro atoms. The van der Waals surface area contributed by atoms with Gasteiger partial charge in [0.1, 0.15) is 5.75 Å². The summed E-state index contributed by atoms with van der Waals surface area (Å²) in [5.74, 6) is 0.471. The Morgan fingerprint density at radius 2 is 2.32 bits per heavy atom. The average Bonchev–Trinajstić information content (AvgIpc) is 2.46. The molecule has 1 aliphatic rings. The van der Waals surface area contributed by atoms with E-state index in [1.165, 1.54) is 11.8 Å². The van der Waals surface area contributed by atoms with E-state index in [-0.39, 0.29) is 11.8 Å². The number of rotatable bonds is 3. The highest BCUT2D eigenvalue weighted by Crippen LogP contribution is 2.36. The number of nitriles is 1. The summed E-state index contributed by atoms with van der Waals surface area (Å²) in [6.45, 7) is 0. The summed E-state index contributed by atoms with van der Waals surface area (Å²) in [4.78, 5) is 11.7. The van der Waals surface area contributed by atoms with Crippen LogP contribution in [-0.4, -0.2) is 19.3 Å². The highest BCUT2D eigenvalue weighted by Gasteiger charge is 2.29. The molecular formula is C14H14N2O2S. The van der Waals surface area contributed by atoms with Crippen LogP contribution in [0.3, 0.4) is 0 Å². The molecule has 0 radical (unpaired) electrons. The van der Waals surface area contributed by atoms with Crippen LogP contribution in [-0.2, 0) is 4.79 Å². The van der Waals surface area contributed by atoms with Crippen LogP contribution in [0.25, 0.3) is 0 Å². The predicted molar refractivity (Wildman–Crippen MR) is 74.6 cm³/mol. The molecule has 1 aliphatic heterocycles. The fraction of sp³-hybridized carbons (Fsp3) is 0.286. The van der Waals surface area contributed by atoms with Gasteiger partial charge in [0.15, 0.2) is 0 Å². The monoisotopic (exact) mass is 274 g/mol. The lowest BCUT2D eigenvalue weighted by atomic mass is 9.87. The van der Waals surface area contributed by atoms with E-state index < -0.39 is 0 Å². The summed E-state index contributed by atoms with van der Waals surface area (Å²) in [5.41, 5.74) is 1.54. The molecule has 0 saturated carbocycles. The van der Waals surface area contributed by atoms with Crippen molar-refractivity contribution >= 4 is 17.7 Å². The van der Waals surface area contributed by atoms with E-state index in [2.05, 4.69) is 11.4 Å². The number of amides is 1. The normalized spacial score (nSPS) is 18.8. The van der Waals surface area contributed by atoms with E-state index in [1.54, 1.807) is 7.11 Å². The second-order valence-electron chi connectivity index (χ2n) is 4.14. The Bertz CT molecular complexity index is 575. The van der Waals surface area contributed by atoms with Crippen molar-refractivity contribution < 1.29 is 9.53 Å². The third-order valence-electron chi connectivity index (χ3n) is 3.06. The van der Waals surface area contributed by atoms with Crippen LogP contribution < -0.4 is 10.1 Å². The van der Waals surface area contributed by atoms with E-state index >= 15 is 0 Å². The maximum Gasteiger partial charge on any atom is 0.225 e. The largest absolute Gasteiger partial charge is 0.497 e. The Kier molecular flexibility index (Phi) is 4.13. The van der Waals surface area contributed by atoms with E-state index in [9.17, 15) is 10.1 Å². The van der Waals surface area contributed by atoms with Gasteiger partial charge in [0, 0.05) is 12.3 Å². The fourth-order valence-corrected chi connectivity index (χ4v) is 2.75. The quantitative estimate of drug-likeness (QED) is 0.919. The maximum absolute atomic E-state index is 11.7. The SMILES string of the molecule is COc1cccc([C@H]2CC(=O)NC(SC)=C2C#N)c1. The first kappa shape index (κ1) is 13.5. The van der Waals surface area contributed by atoms with Gasteiger partial charge in [-0.05, 0) is 24.0 Å². The van der Waals surface area contributed by atoms with Crippen molar-refractivity contribution in [3.8, 4) is 11.8 Å². The topological polar surface area (TPSA) is 62.1 Å². The third-order valence-corrected chi connectivity index (χ3v) is 3.79. The molecule has 1 atom stereocenters. The van der Waals surface area contributed by atoms with E-state index in [0.717, 1.165) is 11.3 Å². The number of nitrogens with zero attached hydrogens (tertiary/aromatic N) is 1. The summed E-state index contributed by atoms with van der Waals surface area (Å²) in [5, 5.41) is 12.7. The molecule has 2 rings (SSSR count). The van der Waals surface area contributed by atoms with Crippen LogP contribution in [0.4, 0.5) is 0 Å². The van der Waals surface area contributed by atoms with Gasteiger partial charge >= 0.3 is 0 Å². The molecule has 0 aromatic heterocycles. The number of ether oxygens (including phenoxy) is 1. The zero-order chi connectivity index (χ0) is 13.8. The Balaban J connectivity index is 2.46. The second kappa shape index (κ2) is 5.81. The molecule has 1 aromatic carbocycles. The molecule has 0 bridgehead atoms. The number of carbonyl (C=O) groups excluding carboxylic acids is 1. The predicted octanol–water partition coefficient (Wildman–Crippen LogP) is 2.40. The lowest BCUT2D eigenvalue weighted by molar-refractivity contribution is -0.120. The molecule has 1 N–H and O–H groups in total. The zero-order valence-electron chi connectivity index (χ0n) is 10.8. The van der Waals surface area contributed by atoms with Gasteiger partial charge in [-0.15, -0.1) is 11.8 Å². The van der Waals surface area contributed by atoms with Crippen molar-refractivity contribution in [1.29, 1.82) is 5.26 Å². The van der Waals surface area contributed by atoms with Gasteiger partial charge in [-0.2, -0.15) is 5.26 Å². The van der Waals surface area contributed by atoms with Crippen LogP contribution in [0.15, 0.2) is 34.9 Å².